The van der Waals surface area contributed by atoms with Crippen LogP contribution in [0.4, 0.5) is 11.4 Å². The van der Waals surface area contributed by atoms with Gasteiger partial charge in [-0.3, -0.25) is 4.79 Å². The highest BCUT2D eigenvalue weighted by atomic mass is 32.2. The van der Waals surface area contributed by atoms with Crippen molar-refractivity contribution in [1.82, 2.24) is 0 Å². The van der Waals surface area contributed by atoms with Crippen LogP contribution in [-0.2, 0) is 25.1 Å². The van der Waals surface area contributed by atoms with Crippen molar-refractivity contribution in [2.45, 2.75) is 49.8 Å². The standard InChI is InChI=1S/C26H30N2O5S.C5H11NO2/c1-26(2)22-19-21(34(31,32)33)15-16-23(22)28(18-10-4-7-14-25(29)30)24(26)13-8-9-17-27-20-11-5-3-6-12-20;1-6(2,3)4-5(7)8/h3,5-6,8-9,11-13,15-17,19H,4,7,10,14,18H2,1-2H3,(H2,29,30,31,32,33);4H2,1-3H3. The molecule has 42 heavy (non-hydrogen) atoms. The van der Waals surface area contributed by atoms with Crippen molar-refractivity contribution in [2.75, 3.05) is 39.5 Å². The number of carbonyl (C=O) groups excluding carboxylic acids is 1. The fraction of sp³-hybridized carbons (Fsp3) is 0.387. The number of hydrogen-bond acceptors (Lipinski definition) is 7. The van der Waals surface area contributed by atoms with Crippen LogP contribution in [0.5, 0.6) is 0 Å². The molecule has 0 aromatic heterocycles. The Morgan fingerprint density at radius 3 is 2.24 bits per heavy atom. The molecule has 0 fully saturated rings. The lowest BCUT2D eigenvalue weighted by Crippen LogP contribution is -2.45. The minimum Gasteiger partial charge on any atom is -0.744 e. The van der Waals surface area contributed by atoms with Gasteiger partial charge in [0.15, 0.2) is 5.71 Å². The Morgan fingerprint density at radius 1 is 1.02 bits per heavy atom. The summed E-state index contributed by atoms with van der Waals surface area (Å²) in [7, 11) is 0.841. The van der Waals surface area contributed by atoms with Gasteiger partial charge in [0.2, 0.25) is 5.69 Å². The number of likely N-dealkylation sites (N-methyl/N-ethyl adjacent to an activating group) is 1. The second kappa shape index (κ2) is 14.9. The number of rotatable bonds is 13. The molecule has 0 radical (unpaired) electrons. The number of carboxylic acids is 2. The minimum atomic E-state index is -4.56. The Hall–Kier alpha value is -3.80. The fourth-order valence-corrected chi connectivity index (χ4v) is 5.04. The highest BCUT2D eigenvalue weighted by molar-refractivity contribution is 7.85. The van der Waals surface area contributed by atoms with Crippen molar-refractivity contribution in [3.05, 3.63) is 78.5 Å². The van der Waals surface area contributed by atoms with Crippen LogP contribution >= 0.6 is 0 Å². The van der Waals surface area contributed by atoms with Crippen molar-refractivity contribution in [3.8, 4) is 0 Å². The summed E-state index contributed by atoms with van der Waals surface area (Å²) < 4.78 is 37.4. The molecular weight excluding hydrogens is 558 g/mol. The van der Waals surface area contributed by atoms with E-state index in [9.17, 15) is 27.7 Å². The van der Waals surface area contributed by atoms with Gasteiger partial charge in [0, 0.05) is 42.4 Å². The molecule has 1 aliphatic rings. The number of benzene rings is 2. The number of allylic oxidation sites excluding steroid dienone is 3. The van der Waals surface area contributed by atoms with Gasteiger partial charge in [-0.05, 0) is 57.0 Å². The van der Waals surface area contributed by atoms with E-state index in [0.29, 0.717) is 17.4 Å². The number of anilines is 1. The van der Waals surface area contributed by atoms with Crippen LogP contribution < -0.4 is 10.4 Å². The van der Waals surface area contributed by atoms with Crippen molar-refractivity contribution >= 4 is 39.1 Å². The average Bonchev–Trinajstić information content (AvgIpc) is 3.08. The Morgan fingerprint density at radius 2 is 1.69 bits per heavy atom. The monoisotopic (exact) mass is 599 g/mol. The molecule has 1 aliphatic heterocycles. The SMILES string of the molecule is CC1(C)C(/C=C/C=C/Nc2ccccc2)=[N+](CCCCCC(=O)O)c2ccc(S(=O)(=O)[O-])cc21.C[N+](C)(C)CC(=O)[O-]. The zero-order valence-corrected chi connectivity index (χ0v) is 25.7. The summed E-state index contributed by atoms with van der Waals surface area (Å²) in [6.07, 6.45) is 9.93. The highest BCUT2D eigenvalue weighted by Gasteiger charge is 2.44. The summed E-state index contributed by atoms with van der Waals surface area (Å²) in [4.78, 5) is 20.4. The van der Waals surface area contributed by atoms with Gasteiger partial charge >= 0.3 is 5.97 Å². The first-order valence-corrected chi connectivity index (χ1v) is 15.1. The number of nitrogens with one attached hydrogen (secondary N) is 1. The van der Waals surface area contributed by atoms with Gasteiger partial charge in [-0.1, -0.05) is 24.3 Å². The van der Waals surface area contributed by atoms with E-state index in [1.807, 2.05) is 68.6 Å². The summed E-state index contributed by atoms with van der Waals surface area (Å²) in [5.74, 6) is -1.80. The zero-order valence-electron chi connectivity index (χ0n) is 24.9. The number of fused-ring (bicyclic) bond motifs is 1. The second-order valence-electron chi connectivity index (χ2n) is 11.5. The summed E-state index contributed by atoms with van der Waals surface area (Å²) in [6.45, 7) is 4.73. The summed E-state index contributed by atoms with van der Waals surface area (Å²) in [5, 5.41) is 21.9. The quantitative estimate of drug-likeness (QED) is 0.117. The van der Waals surface area contributed by atoms with Crippen LogP contribution in [0.2, 0.25) is 0 Å². The number of para-hydroxylation sites is 1. The summed E-state index contributed by atoms with van der Waals surface area (Å²) in [6, 6.07) is 14.3. The second-order valence-corrected chi connectivity index (χ2v) is 12.9. The van der Waals surface area contributed by atoms with E-state index in [1.165, 1.54) is 12.1 Å². The maximum Gasteiger partial charge on any atom is 0.303 e. The number of nitrogens with zero attached hydrogens (tertiary/aromatic N) is 2. The van der Waals surface area contributed by atoms with Crippen molar-refractivity contribution in [3.63, 3.8) is 0 Å². The van der Waals surface area contributed by atoms with E-state index in [0.717, 1.165) is 35.5 Å². The fourth-order valence-electron chi connectivity index (χ4n) is 4.54. The molecule has 2 aromatic rings. The lowest BCUT2D eigenvalue weighted by atomic mass is 9.81. The third-order valence-electron chi connectivity index (χ3n) is 6.51. The van der Waals surface area contributed by atoms with Crippen LogP contribution in [0, 0.1) is 0 Å². The Bertz CT molecular complexity index is 1440. The molecular formula is C31H41N3O7S. The van der Waals surface area contributed by atoms with Gasteiger partial charge in [0.1, 0.15) is 23.2 Å². The number of carbonyl (C=O) groups is 2. The van der Waals surface area contributed by atoms with E-state index < -0.39 is 27.5 Å². The molecule has 2 N–H and O–H groups in total. The maximum atomic E-state index is 11.6. The number of hydrogen-bond donors (Lipinski definition) is 2. The largest absolute Gasteiger partial charge is 0.744 e. The molecule has 0 atom stereocenters. The lowest BCUT2D eigenvalue weighted by molar-refractivity contribution is -0.864. The maximum absolute atomic E-state index is 11.6. The first-order valence-electron chi connectivity index (χ1n) is 13.6. The van der Waals surface area contributed by atoms with E-state index in [4.69, 9.17) is 5.11 Å². The molecule has 1 heterocycles. The first kappa shape index (κ1) is 34.4. The molecule has 0 aliphatic carbocycles. The third-order valence-corrected chi connectivity index (χ3v) is 7.34. The van der Waals surface area contributed by atoms with Crippen molar-refractivity contribution in [1.29, 1.82) is 0 Å². The average molecular weight is 600 g/mol. The van der Waals surface area contributed by atoms with Gasteiger partial charge in [-0.15, -0.1) is 0 Å². The topological polar surface area (TPSA) is 150 Å². The summed E-state index contributed by atoms with van der Waals surface area (Å²) in [5.41, 5.74) is 3.07. The summed E-state index contributed by atoms with van der Waals surface area (Å²) >= 11 is 0. The van der Waals surface area contributed by atoms with Crippen LogP contribution in [0.1, 0.15) is 45.1 Å². The van der Waals surface area contributed by atoms with Crippen LogP contribution in [0.25, 0.3) is 0 Å². The van der Waals surface area contributed by atoms with Gasteiger partial charge in [0.05, 0.1) is 37.4 Å². The van der Waals surface area contributed by atoms with Crippen molar-refractivity contribution < 1.29 is 41.8 Å². The third kappa shape index (κ3) is 10.9. The van der Waals surface area contributed by atoms with E-state index >= 15 is 0 Å². The number of carboxylic acid groups (broad SMARTS) is 2. The Balaban J connectivity index is 0.000000675. The molecule has 11 heteroatoms. The van der Waals surface area contributed by atoms with Crippen LogP contribution in [0.15, 0.2) is 77.9 Å². The van der Waals surface area contributed by atoms with Gasteiger partial charge < -0.3 is 29.4 Å². The Labute approximate surface area is 248 Å². The smallest absolute Gasteiger partial charge is 0.303 e. The predicted molar refractivity (Wildman–Crippen MR) is 160 cm³/mol. The molecule has 10 nitrogen and oxygen atoms in total. The van der Waals surface area contributed by atoms with E-state index in [2.05, 4.69) is 9.89 Å². The molecule has 228 valence electrons. The first-order chi connectivity index (χ1) is 19.5. The minimum absolute atomic E-state index is 0.0694. The number of aliphatic carboxylic acids is 2. The van der Waals surface area contributed by atoms with Crippen LogP contribution in [-0.4, -0.2) is 79.0 Å². The molecule has 2 aromatic carbocycles. The molecule has 0 spiro atoms. The van der Waals surface area contributed by atoms with Gasteiger partial charge in [-0.25, -0.2) is 8.42 Å². The van der Waals surface area contributed by atoms with Crippen molar-refractivity contribution in [2.24, 2.45) is 0 Å². The number of quaternary nitrogens is 1. The lowest BCUT2D eigenvalue weighted by Gasteiger charge is -2.23. The molecule has 0 saturated heterocycles. The molecule has 0 saturated carbocycles. The van der Waals surface area contributed by atoms with E-state index in [-0.39, 0.29) is 17.9 Å². The zero-order chi connectivity index (χ0) is 31.6. The molecule has 3 rings (SSSR count). The molecule has 0 amide bonds. The number of unbranched alkanes of at least 4 members (excludes halogenated alkanes) is 2. The van der Waals surface area contributed by atoms with Gasteiger partial charge in [-0.2, -0.15) is 4.58 Å². The predicted octanol–water partition coefficient (Wildman–Crippen LogP) is 3.24. The van der Waals surface area contributed by atoms with Crippen LogP contribution in [0.3, 0.4) is 0 Å². The van der Waals surface area contributed by atoms with Gasteiger partial charge in [0.25, 0.3) is 0 Å². The molecule has 0 unspecified atom stereocenters. The van der Waals surface area contributed by atoms with E-state index in [1.54, 1.807) is 27.2 Å². The Kier molecular flexibility index (Phi) is 12.2. The molecule has 0 bridgehead atoms. The normalized spacial score (nSPS) is 14.5. The highest BCUT2D eigenvalue weighted by Crippen LogP contribution is 2.41.